The molecule has 0 spiro atoms. The van der Waals surface area contributed by atoms with Crippen LogP contribution >= 0.6 is 23.8 Å². The maximum Gasteiger partial charge on any atom is 0.270 e. The number of nitrogens with one attached hydrogen (secondary N) is 1. The quantitative estimate of drug-likeness (QED) is 0.676. The topological polar surface area (TPSA) is 54.3 Å². The summed E-state index contributed by atoms with van der Waals surface area (Å²) in [6.07, 6.45) is 0. The lowest BCUT2D eigenvalue weighted by atomic mass is 10.1. The first-order valence-corrected chi connectivity index (χ1v) is 7.66. The minimum atomic E-state index is -0.314. The highest BCUT2D eigenvalue weighted by atomic mass is 35.5. The third kappa shape index (κ3) is 3.06. The van der Waals surface area contributed by atoms with Gasteiger partial charge in [-0.2, -0.15) is 0 Å². The largest absolute Gasteiger partial charge is 0.508 e. The summed E-state index contributed by atoms with van der Waals surface area (Å²) in [7, 11) is 0. The molecular formula is C17H13ClN2O2S. The lowest BCUT2D eigenvalue weighted by Crippen LogP contribution is -2.24. The molecule has 0 aliphatic heterocycles. The number of hydrogen-bond acceptors (Lipinski definition) is 3. The van der Waals surface area contributed by atoms with E-state index < -0.39 is 0 Å². The summed E-state index contributed by atoms with van der Waals surface area (Å²) < 4.78 is 1.94. The summed E-state index contributed by atoms with van der Waals surface area (Å²) in [5, 5.41) is 11.2. The maximum absolute atomic E-state index is 12.4. The van der Waals surface area contributed by atoms with Crippen LogP contribution in [0.4, 0.5) is 0 Å². The van der Waals surface area contributed by atoms with Gasteiger partial charge in [0.25, 0.3) is 5.91 Å². The lowest BCUT2D eigenvalue weighted by Gasteiger charge is -2.15. The molecule has 0 aliphatic carbocycles. The molecule has 23 heavy (non-hydrogen) atoms. The van der Waals surface area contributed by atoms with E-state index in [0.717, 1.165) is 10.9 Å². The first-order chi connectivity index (χ1) is 11.0. The molecule has 0 bridgehead atoms. The molecule has 6 heteroatoms. The van der Waals surface area contributed by atoms with Crippen LogP contribution in [0.2, 0.25) is 5.02 Å². The van der Waals surface area contributed by atoms with Crippen molar-refractivity contribution >= 4 is 40.6 Å². The standard InChI is InChI=1S/C17H13ClN2O2S/c1-10-8-16(23)20(15-9-13(21)6-7-14(10)15)19-17(22)11-2-4-12(18)5-3-11/h2-9,21H,1H3,(H,19,22). The summed E-state index contributed by atoms with van der Waals surface area (Å²) in [6, 6.07) is 13.3. The first kappa shape index (κ1) is 15.5. The number of nitrogens with zero attached hydrogens (tertiary/aromatic N) is 1. The first-order valence-electron chi connectivity index (χ1n) is 6.88. The van der Waals surface area contributed by atoms with Crippen molar-refractivity contribution in [2.75, 3.05) is 5.43 Å². The van der Waals surface area contributed by atoms with Crippen LogP contribution in [0.5, 0.6) is 5.75 Å². The number of amides is 1. The van der Waals surface area contributed by atoms with Gasteiger partial charge >= 0.3 is 0 Å². The van der Waals surface area contributed by atoms with Crippen LogP contribution in [-0.2, 0) is 0 Å². The molecule has 1 heterocycles. The van der Waals surface area contributed by atoms with Gasteiger partial charge in [-0.25, -0.2) is 4.68 Å². The molecule has 116 valence electrons. The fraction of sp³-hybridized carbons (Fsp3) is 0.0588. The number of rotatable bonds is 2. The van der Waals surface area contributed by atoms with Crippen molar-refractivity contribution < 1.29 is 9.90 Å². The Kier molecular flexibility index (Phi) is 4.07. The summed E-state index contributed by atoms with van der Waals surface area (Å²) in [6.45, 7) is 1.93. The van der Waals surface area contributed by atoms with Crippen molar-refractivity contribution in [1.82, 2.24) is 4.68 Å². The summed E-state index contributed by atoms with van der Waals surface area (Å²) in [4.78, 5) is 12.4. The van der Waals surface area contributed by atoms with Gasteiger partial charge in [0.2, 0.25) is 0 Å². The second-order valence-electron chi connectivity index (χ2n) is 5.15. The summed E-state index contributed by atoms with van der Waals surface area (Å²) >= 11 is 11.2. The molecule has 0 fully saturated rings. The number of carbonyl (C=O) groups is 1. The molecule has 2 aromatic carbocycles. The molecule has 0 atom stereocenters. The molecule has 1 amide bonds. The predicted octanol–water partition coefficient (Wildman–Crippen LogP) is 4.42. The Bertz CT molecular complexity index is 965. The Balaban J connectivity index is 2.09. The van der Waals surface area contributed by atoms with Crippen molar-refractivity contribution in [2.45, 2.75) is 6.92 Å². The SMILES string of the molecule is Cc1cc(=S)n(NC(=O)c2ccc(Cl)cc2)c2cc(O)ccc12. The average molecular weight is 345 g/mol. The van der Waals surface area contributed by atoms with E-state index in [4.69, 9.17) is 23.8 Å². The molecule has 3 rings (SSSR count). The van der Waals surface area contributed by atoms with Crippen LogP contribution < -0.4 is 5.43 Å². The highest BCUT2D eigenvalue weighted by Crippen LogP contribution is 2.23. The third-order valence-corrected chi connectivity index (χ3v) is 4.08. The number of phenolic OH excluding ortho intramolecular Hbond substituents is 1. The number of aromatic hydroxyl groups is 1. The van der Waals surface area contributed by atoms with Gasteiger partial charge in [0.05, 0.1) is 5.52 Å². The second-order valence-corrected chi connectivity index (χ2v) is 6.00. The minimum absolute atomic E-state index is 0.104. The van der Waals surface area contributed by atoms with E-state index in [-0.39, 0.29) is 11.7 Å². The lowest BCUT2D eigenvalue weighted by molar-refractivity contribution is 0.101. The van der Waals surface area contributed by atoms with Crippen molar-refractivity contribution in [2.24, 2.45) is 0 Å². The van der Waals surface area contributed by atoms with E-state index in [1.807, 2.05) is 6.92 Å². The Morgan fingerprint density at radius 2 is 1.87 bits per heavy atom. The minimum Gasteiger partial charge on any atom is -0.508 e. The number of phenols is 1. The number of halogens is 1. The van der Waals surface area contributed by atoms with Crippen LogP contribution in [0.15, 0.2) is 48.5 Å². The molecule has 0 saturated heterocycles. The van der Waals surface area contributed by atoms with Crippen molar-refractivity contribution in [3.8, 4) is 5.75 Å². The zero-order chi connectivity index (χ0) is 16.6. The van der Waals surface area contributed by atoms with Crippen molar-refractivity contribution in [3.05, 3.63) is 69.3 Å². The Labute approximate surface area is 142 Å². The monoisotopic (exact) mass is 344 g/mol. The van der Waals surface area contributed by atoms with Crippen LogP contribution in [0.1, 0.15) is 15.9 Å². The van der Waals surface area contributed by atoms with Gasteiger partial charge in [0.1, 0.15) is 10.4 Å². The van der Waals surface area contributed by atoms with Crippen LogP contribution in [0.25, 0.3) is 10.9 Å². The van der Waals surface area contributed by atoms with Gasteiger partial charge < -0.3 is 5.11 Å². The molecule has 3 aromatic rings. The predicted molar refractivity (Wildman–Crippen MR) is 94.3 cm³/mol. The molecular weight excluding hydrogens is 332 g/mol. The number of aryl methyl sites for hydroxylation is 1. The zero-order valence-corrected chi connectivity index (χ0v) is 13.8. The number of benzene rings is 2. The van der Waals surface area contributed by atoms with E-state index in [9.17, 15) is 9.90 Å². The highest BCUT2D eigenvalue weighted by Gasteiger charge is 2.10. The Hall–Kier alpha value is -2.37. The van der Waals surface area contributed by atoms with Gasteiger partial charge in [0.15, 0.2) is 0 Å². The summed E-state index contributed by atoms with van der Waals surface area (Å²) in [5.41, 5.74) is 4.84. The van der Waals surface area contributed by atoms with Crippen molar-refractivity contribution in [3.63, 3.8) is 0 Å². The molecule has 0 saturated carbocycles. The van der Waals surface area contributed by atoms with Gasteiger partial charge in [-0.05, 0) is 55.0 Å². The average Bonchev–Trinajstić information content (AvgIpc) is 2.51. The van der Waals surface area contributed by atoms with E-state index in [0.29, 0.717) is 20.7 Å². The number of carbonyl (C=O) groups excluding carboxylic acids is 1. The smallest absolute Gasteiger partial charge is 0.270 e. The Morgan fingerprint density at radius 1 is 1.17 bits per heavy atom. The van der Waals surface area contributed by atoms with Crippen LogP contribution in [0.3, 0.4) is 0 Å². The van der Waals surface area contributed by atoms with E-state index in [2.05, 4.69) is 5.43 Å². The highest BCUT2D eigenvalue weighted by molar-refractivity contribution is 7.71. The van der Waals surface area contributed by atoms with Crippen molar-refractivity contribution in [1.29, 1.82) is 0 Å². The van der Waals surface area contributed by atoms with Crippen LogP contribution in [0, 0.1) is 11.6 Å². The van der Waals surface area contributed by atoms with Crippen LogP contribution in [-0.4, -0.2) is 15.7 Å². The maximum atomic E-state index is 12.4. The van der Waals surface area contributed by atoms with E-state index >= 15 is 0 Å². The van der Waals surface area contributed by atoms with E-state index in [1.54, 1.807) is 48.5 Å². The van der Waals surface area contributed by atoms with Gasteiger partial charge in [0, 0.05) is 22.0 Å². The molecule has 1 aromatic heterocycles. The second kappa shape index (κ2) is 6.02. The molecule has 2 N–H and O–H groups in total. The molecule has 0 unspecified atom stereocenters. The number of aromatic nitrogens is 1. The van der Waals surface area contributed by atoms with Gasteiger partial charge in [-0.3, -0.25) is 10.2 Å². The fourth-order valence-corrected chi connectivity index (χ4v) is 2.81. The number of fused-ring (bicyclic) bond motifs is 1. The fourth-order valence-electron chi connectivity index (χ4n) is 2.37. The number of hydrogen-bond donors (Lipinski definition) is 2. The summed E-state index contributed by atoms with van der Waals surface area (Å²) in [5.74, 6) is -0.210. The number of pyridine rings is 1. The zero-order valence-electron chi connectivity index (χ0n) is 12.2. The molecule has 0 aliphatic rings. The molecule has 4 nitrogen and oxygen atoms in total. The molecule has 0 radical (unpaired) electrons. The van der Waals surface area contributed by atoms with E-state index in [1.165, 1.54) is 4.68 Å². The van der Waals surface area contributed by atoms with Gasteiger partial charge in [-0.15, -0.1) is 0 Å². The van der Waals surface area contributed by atoms with Gasteiger partial charge in [-0.1, -0.05) is 23.8 Å². The normalized spacial score (nSPS) is 10.7. The Morgan fingerprint density at radius 3 is 2.57 bits per heavy atom. The third-order valence-electron chi connectivity index (χ3n) is 3.53.